The molecule has 206 valence electrons. The molecule has 2 fully saturated rings. The first-order valence-electron chi connectivity index (χ1n) is 12.1. The molecule has 2 aromatic carbocycles. The van der Waals surface area contributed by atoms with Crippen LogP contribution in [0.4, 0.5) is 26.3 Å². The van der Waals surface area contributed by atoms with Gasteiger partial charge in [0.05, 0.1) is 11.0 Å². The molecule has 2 atom stereocenters. The normalized spacial score (nSPS) is 19.7. The third-order valence-corrected chi connectivity index (χ3v) is 7.06. The Labute approximate surface area is 215 Å². The molecule has 0 bridgehead atoms. The van der Waals surface area contributed by atoms with Gasteiger partial charge in [-0.15, -0.1) is 13.2 Å². The standard InChI is InChI=1S/C26H27F6N3O3/c1-33-19-10-13-35(15-19)22(36)21(14-16-2-4-18(5-3-16)25(27,28)29)34-23(37)24(11-12-24)17-6-8-20(9-7-17)38-26(30,31)32/h2-9,19,21,33H,10-15H2,1H3,(H,34,37)/t19-,21+/m1/s1. The number of hydrogen-bond donors (Lipinski definition) is 2. The maximum absolute atomic E-state index is 13.4. The molecule has 1 saturated heterocycles. The highest BCUT2D eigenvalue weighted by Gasteiger charge is 2.52. The number of likely N-dealkylation sites (N-methyl/N-ethyl adjacent to an activating group) is 1. The predicted octanol–water partition coefficient (Wildman–Crippen LogP) is 4.18. The Morgan fingerprint density at radius 2 is 1.66 bits per heavy atom. The number of alkyl halides is 6. The van der Waals surface area contributed by atoms with Gasteiger partial charge in [0.25, 0.3) is 0 Å². The number of nitrogens with one attached hydrogen (secondary N) is 2. The summed E-state index contributed by atoms with van der Waals surface area (Å²) >= 11 is 0. The number of carbonyl (C=O) groups is 2. The fraction of sp³-hybridized carbons (Fsp3) is 0.462. The average Bonchev–Trinajstić information content (AvgIpc) is 3.52. The lowest BCUT2D eigenvalue weighted by molar-refractivity contribution is -0.274. The summed E-state index contributed by atoms with van der Waals surface area (Å²) in [5.41, 5.74) is -0.894. The van der Waals surface area contributed by atoms with Gasteiger partial charge in [-0.25, -0.2) is 0 Å². The Morgan fingerprint density at radius 3 is 2.16 bits per heavy atom. The minimum Gasteiger partial charge on any atom is -0.406 e. The zero-order chi connectivity index (χ0) is 27.7. The third kappa shape index (κ3) is 6.40. The summed E-state index contributed by atoms with van der Waals surface area (Å²) in [4.78, 5) is 28.4. The van der Waals surface area contributed by atoms with Crippen molar-refractivity contribution in [3.63, 3.8) is 0 Å². The quantitative estimate of drug-likeness (QED) is 0.491. The van der Waals surface area contributed by atoms with Crippen LogP contribution in [0.15, 0.2) is 48.5 Å². The van der Waals surface area contributed by atoms with Crippen molar-refractivity contribution in [3.05, 3.63) is 65.2 Å². The minimum atomic E-state index is -4.84. The smallest absolute Gasteiger partial charge is 0.406 e. The van der Waals surface area contributed by atoms with E-state index in [2.05, 4.69) is 15.4 Å². The Bertz CT molecular complexity index is 1140. The van der Waals surface area contributed by atoms with Gasteiger partial charge >= 0.3 is 12.5 Å². The summed E-state index contributed by atoms with van der Waals surface area (Å²) in [6.45, 7) is 0.899. The van der Waals surface area contributed by atoms with Gasteiger partial charge in [-0.3, -0.25) is 9.59 Å². The van der Waals surface area contributed by atoms with Gasteiger partial charge in [0.15, 0.2) is 0 Å². The highest BCUT2D eigenvalue weighted by molar-refractivity contribution is 5.95. The molecular weight excluding hydrogens is 516 g/mol. The van der Waals surface area contributed by atoms with Crippen molar-refractivity contribution in [1.29, 1.82) is 0 Å². The Hall–Kier alpha value is -3.28. The first kappa shape index (κ1) is 27.7. The number of ether oxygens (including phenoxy) is 1. The van der Waals surface area contributed by atoms with Crippen molar-refractivity contribution in [2.75, 3.05) is 20.1 Å². The highest BCUT2D eigenvalue weighted by Crippen LogP contribution is 2.49. The van der Waals surface area contributed by atoms with Crippen molar-refractivity contribution >= 4 is 11.8 Å². The number of nitrogens with zero attached hydrogens (tertiary/aromatic N) is 1. The van der Waals surface area contributed by atoms with Crippen LogP contribution in [0.25, 0.3) is 0 Å². The number of likely N-dealkylation sites (tertiary alicyclic amines) is 1. The van der Waals surface area contributed by atoms with Crippen LogP contribution in [0.5, 0.6) is 5.75 Å². The lowest BCUT2D eigenvalue weighted by Crippen LogP contribution is -2.52. The summed E-state index contributed by atoms with van der Waals surface area (Å²) < 4.78 is 80.3. The van der Waals surface area contributed by atoms with Crippen LogP contribution in [0.1, 0.15) is 36.0 Å². The molecule has 1 aliphatic carbocycles. The molecule has 12 heteroatoms. The van der Waals surface area contributed by atoms with Crippen LogP contribution in [0.3, 0.4) is 0 Å². The minimum absolute atomic E-state index is 0.0160. The molecule has 38 heavy (non-hydrogen) atoms. The molecule has 0 spiro atoms. The van der Waals surface area contributed by atoms with Crippen molar-refractivity contribution in [2.45, 2.75) is 55.7 Å². The molecule has 1 aliphatic heterocycles. The molecule has 6 nitrogen and oxygen atoms in total. The largest absolute Gasteiger partial charge is 0.573 e. The van der Waals surface area contributed by atoms with Crippen LogP contribution < -0.4 is 15.4 Å². The van der Waals surface area contributed by atoms with Crippen LogP contribution in [-0.4, -0.2) is 55.3 Å². The maximum atomic E-state index is 13.4. The van der Waals surface area contributed by atoms with Crippen molar-refractivity contribution in [3.8, 4) is 5.75 Å². The van der Waals surface area contributed by atoms with E-state index in [9.17, 15) is 35.9 Å². The molecule has 0 unspecified atom stereocenters. The molecule has 0 aromatic heterocycles. The zero-order valence-corrected chi connectivity index (χ0v) is 20.5. The second-order valence-electron chi connectivity index (χ2n) is 9.64. The monoisotopic (exact) mass is 543 g/mol. The number of carbonyl (C=O) groups excluding carboxylic acids is 2. The summed E-state index contributed by atoms with van der Waals surface area (Å²) in [6.07, 6.45) is -7.77. The molecule has 4 rings (SSSR count). The number of halogens is 6. The van der Waals surface area contributed by atoms with Gasteiger partial charge in [0, 0.05) is 25.6 Å². The summed E-state index contributed by atoms with van der Waals surface area (Å²) in [5, 5.41) is 5.89. The van der Waals surface area contributed by atoms with E-state index < -0.39 is 41.2 Å². The Balaban J connectivity index is 1.52. The zero-order valence-electron chi connectivity index (χ0n) is 20.5. The number of amides is 2. The second kappa shape index (κ2) is 10.5. The average molecular weight is 544 g/mol. The van der Waals surface area contributed by atoms with Gasteiger partial charge in [-0.1, -0.05) is 24.3 Å². The van der Waals surface area contributed by atoms with E-state index in [1.54, 1.807) is 11.9 Å². The molecule has 2 amide bonds. The fourth-order valence-electron chi connectivity index (χ4n) is 4.73. The summed E-state index contributed by atoms with van der Waals surface area (Å²) in [7, 11) is 1.78. The van der Waals surface area contributed by atoms with E-state index in [1.807, 2.05) is 0 Å². The summed E-state index contributed by atoms with van der Waals surface area (Å²) in [6, 6.07) is 8.51. The molecule has 2 aliphatic rings. The first-order chi connectivity index (χ1) is 17.8. The van der Waals surface area contributed by atoms with Gasteiger partial charge in [0.1, 0.15) is 11.8 Å². The predicted molar refractivity (Wildman–Crippen MR) is 125 cm³/mol. The van der Waals surface area contributed by atoms with E-state index in [0.717, 1.165) is 30.7 Å². The molecular formula is C26H27F6N3O3. The van der Waals surface area contributed by atoms with Crippen LogP contribution in [0.2, 0.25) is 0 Å². The molecule has 2 aromatic rings. The van der Waals surface area contributed by atoms with Gasteiger partial charge < -0.3 is 20.3 Å². The number of hydrogen-bond acceptors (Lipinski definition) is 4. The molecule has 1 saturated carbocycles. The number of rotatable bonds is 8. The fourth-order valence-corrected chi connectivity index (χ4v) is 4.73. The van der Waals surface area contributed by atoms with Crippen molar-refractivity contribution < 1.29 is 40.7 Å². The van der Waals surface area contributed by atoms with Crippen molar-refractivity contribution in [1.82, 2.24) is 15.5 Å². The lowest BCUT2D eigenvalue weighted by Gasteiger charge is -2.27. The van der Waals surface area contributed by atoms with Crippen LogP contribution >= 0.6 is 0 Å². The van der Waals surface area contributed by atoms with Crippen LogP contribution in [0, 0.1) is 0 Å². The maximum Gasteiger partial charge on any atom is 0.573 e. The second-order valence-corrected chi connectivity index (χ2v) is 9.64. The number of benzene rings is 2. The highest BCUT2D eigenvalue weighted by atomic mass is 19.4. The molecule has 1 heterocycles. The Kier molecular flexibility index (Phi) is 7.64. The lowest BCUT2D eigenvalue weighted by atomic mass is 9.93. The van der Waals surface area contributed by atoms with E-state index >= 15 is 0 Å². The molecule has 2 N–H and O–H groups in total. The Morgan fingerprint density at radius 1 is 1.03 bits per heavy atom. The summed E-state index contributed by atoms with van der Waals surface area (Å²) in [5.74, 6) is -1.22. The van der Waals surface area contributed by atoms with E-state index in [4.69, 9.17) is 0 Å². The SMILES string of the molecule is CN[C@@H]1CCN(C(=O)[C@H](Cc2ccc(C(F)(F)F)cc2)NC(=O)C2(c3ccc(OC(F)(F)F)cc3)CC2)C1. The van der Waals surface area contributed by atoms with Gasteiger partial charge in [-0.05, 0) is 61.7 Å². The van der Waals surface area contributed by atoms with Gasteiger partial charge in [-0.2, -0.15) is 13.2 Å². The topological polar surface area (TPSA) is 70.7 Å². The van der Waals surface area contributed by atoms with Crippen LogP contribution in [-0.2, 0) is 27.6 Å². The first-order valence-corrected chi connectivity index (χ1v) is 12.1. The van der Waals surface area contributed by atoms with E-state index in [-0.39, 0.29) is 18.4 Å². The third-order valence-electron chi connectivity index (χ3n) is 7.06. The molecule has 0 radical (unpaired) electrons. The van der Waals surface area contributed by atoms with E-state index in [0.29, 0.717) is 37.1 Å². The van der Waals surface area contributed by atoms with Gasteiger partial charge in [0.2, 0.25) is 11.8 Å². The van der Waals surface area contributed by atoms with E-state index in [1.165, 1.54) is 24.3 Å². The van der Waals surface area contributed by atoms with Crippen molar-refractivity contribution in [2.24, 2.45) is 0 Å².